The summed E-state index contributed by atoms with van der Waals surface area (Å²) in [6.07, 6.45) is -3.76. The Morgan fingerprint density at radius 3 is 2.52 bits per heavy atom. The van der Waals surface area contributed by atoms with Gasteiger partial charge in [-0.1, -0.05) is 59.2 Å². The first-order valence-electron chi connectivity index (χ1n) is 12.5. The van der Waals surface area contributed by atoms with Crippen molar-refractivity contribution >= 4 is 5.97 Å². The number of rotatable bonds is 7. The summed E-state index contributed by atoms with van der Waals surface area (Å²) in [7, 11) is 0. The summed E-state index contributed by atoms with van der Waals surface area (Å²) >= 11 is 0. The second-order valence-electron chi connectivity index (χ2n) is 9.96. The van der Waals surface area contributed by atoms with Crippen molar-refractivity contribution in [3.8, 4) is 40.0 Å². The Labute approximate surface area is 224 Å². The van der Waals surface area contributed by atoms with E-state index in [-0.39, 0.29) is 24.5 Å². The molecule has 40 heavy (non-hydrogen) atoms. The average Bonchev–Trinajstić information content (AvgIpc) is 3.57. The van der Waals surface area contributed by atoms with E-state index in [0.29, 0.717) is 29.7 Å². The first-order chi connectivity index (χ1) is 19.2. The summed E-state index contributed by atoms with van der Waals surface area (Å²) < 4.78 is 58.0. The van der Waals surface area contributed by atoms with Crippen LogP contribution in [0.25, 0.3) is 34.3 Å². The third-order valence-electron chi connectivity index (χ3n) is 7.50. The van der Waals surface area contributed by atoms with Crippen LogP contribution >= 0.6 is 0 Å². The summed E-state index contributed by atoms with van der Waals surface area (Å²) in [5.41, 5.74) is -1.28. The molecule has 6 rings (SSSR count). The molecule has 1 fully saturated rings. The molecule has 3 N–H and O–H groups in total. The van der Waals surface area contributed by atoms with Crippen molar-refractivity contribution in [2.75, 3.05) is 13.2 Å². The minimum Gasteiger partial charge on any atom is -0.491 e. The number of hydrogen-bond donors (Lipinski definition) is 3. The predicted molar refractivity (Wildman–Crippen MR) is 132 cm³/mol. The maximum Gasteiger partial charge on any atom is 0.422 e. The van der Waals surface area contributed by atoms with Gasteiger partial charge in [-0.15, -0.1) is 0 Å². The molecule has 0 saturated heterocycles. The van der Waals surface area contributed by atoms with Crippen molar-refractivity contribution in [2.24, 2.45) is 5.41 Å². The highest BCUT2D eigenvalue weighted by Gasteiger charge is 2.45. The summed E-state index contributed by atoms with van der Waals surface area (Å²) in [5, 5.41) is 31.0. The lowest BCUT2D eigenvalue weighted by atomic mass is 9.68. The highest BCUT2D eigenvalue weighted by molar-refractivity contribution is 5.76. The highest BCUT2D eigenvalue weighted by Crippen LogP contribution is 2.44. The van der Waals surface area contributed by atoms with E-state index in [1.165, 1.54) is 12.1 Å². The number of halogens is 3. The Morgan fingerprint density at radius 2 is 1.85 bits per heavy atom. The molecule has 1 saturated carbocycles. The van der Waals surface area contributed by atoms with Crippen molar-refractivity contribution < 1.29 is 42.0 Å². The van der Waals surface area contributed by atoms with Gasteiger partial charge in [0.15, 0.2) is 0 Å². The van der Waals surface area contributed by atoms with E-state index in [1.807, 2.05) is 0 Å². The van der Waals surface area contributed by atoms with Gasteiger partial charge in [-0.3, -0.25) is 4.79 Å². The van der Waals surface area contributed by atoms with Gasteiger partial charge in [0.1, 0.15) is 29.7 Å². The number of aliphatic hydroxyl groups excluding tert-OH is 1. The Hall–Kier alpha value is -4.23. The van der Waals surface area contributed by atoms with Gasteiger partial charge in [0, 0.05) is 23.2 Å². The lowest BCUT2D eigenvalue weighted by Gasteiger charge is -2.40. The van der Waals surface area contributed by atoms with Gasteiger partial charge in [-0.25, -0.2) is 0 Å². The predicted octanol–water partition coefficient (Wildman–Crippen LogP) is 4.72. The number of carboxylic acids is 1. The Balaban J connectivity index is 1.23. The number of carbonyl (C=O) groups is 1. The van der Waals surface area contributed by atoms with Crippen LogP contribution in [0.1, 0.15) is 36.5 Å². The van der Waals surface area contributed by atoms with Crippen LogP contribution in [0.5, 0.6) is 5.75 Å². The number of ether oxygens (including phenoxy) is 1. The number of benzene rings is 2. The second-order valence-corrected chi connectivity index (χ2v) is 9.96. The molecule has 0 bridgehead atoms. The third kappa shape index (κ3) is 4.50. The van der Waals surface area contributed by atoms with Crippen molar-refractivity contribution in [2.45, 2.75) is 37.6 Å². The molecule has 4 aromatic rings. The minimum atomic E-state index is -4.81. The average molecular weight is 556 g/mol. The number of aromatic nitrogens is 3. The largest absolute Gasteiger partial charge is 0.491 e. The first-order valence-corrected chi connectivity index (χ1v) is 12.5. The van der Waals surface area contributed by atoms with Gasteiger partial charge in [0.2, 0.25) is 11.6 Å². The van der Waals surface area contributed by atoms with Crippen LogP contribution in [-0.2, 0) is 11.0 Å². The molecule has 2 aliphatic rings. The fourth-order valence-corrected chi connectivity index (χ4v) is 5.02. The molecule has 13 heteroatoms. The standard InChI is InChI=1S/C27H23F3N4O6/c28-27(29,30)19-20(14-5-2-1-3-6-14)33-39-22(19)24-32-23(34-40-24)15-7-8-16-18(11-15)38-12-17(21(16)35)31-13-26(25(36)37)9-4-10-26/h1-3,5-8,11,17,21,31,35H,4,9-10,12-13H2,(H,36,37). The fraction of sp³-hybridized carbons (Fsp3) is 0.333. The van der Waals surface area contributed by atoms with Gasteiger partial charge in [-0.2, -0.15) is 18.2 Å². The fourth-order valence-electron chi connectivity index (χ4n) is 5.02. The Morgan fingerprint density at radius 1 is 1.07 bits per heavy atom. The summed E-state index contributed by atoms with van der Waals surface area (Å²) in [5.74, 6) is -1.73. The monoisotopic (exact) mass is 556 g/mol. The van der Waals surface area contributed by atoms with Gasteiger partial charge in [0.05, 0.1) is 11.5 Å². The molecule has 0 amide bonds. The molecule has 0 radical (unpaired) electrons. The van der Waals surface area contributed by atoms with E-state index in [1.54, 1.807) is 36.4 Å². The maximum absolute atomic E-state index is 14.0. The van der Waals surface area contributed by atoms with Crippen LogP contribution in [0.3, 0.4) is 0 Å². The van der Waals surface area contributed by atoms with E-state index >= 15 is 0 Å². The van der Waals surface area contributed by atoms with E-state index in [0.717, 1.165) is 6.42 Å². The lowest BCUT2D eigenvalue weighted by molar-refractivity contribution is -0.154. The van der Waals surface area contributed by atoms with Gasteiger partial charge >= 0.3 is 12.1 Å². The Kier molecular flexibility index (Phi) is 6.34. The van der Waals surface area contributed by atoms with Crippen LogP contribution in [-0.4, -0.2) is 50.7 Å². The zero-order chi connectivity index (χ0) is 28.1. The maximum atomic E-state index is 14.0. The molecular weight excluding hydrogens is 533 g/mol. The van der Waals surface area contributed by atoms with E-state index in [2.05, 4.69) is 20.6 Å². The lowest BCUT2D eigenvalue weighted by Crippen LogP contribution is -2.52. The molecule has 1 aliphatic carbocycles. The molecular formula is C27H23F3N4O6. The van der Waals surface area contributed by atoms with Crippen LogP contribution in [0.4, 0.5) is 13.2 Å². The Bertz CT molecular complexity index is 1550. The number of hydrogen-bond acceptors (Lipinski definition) is 9. The molecule has 0 spiro atoms. The number of alkyl halides is 3. The highest BCUT2D eigenvalue weighted by atomic mass is 19.4. The topological polar surface area (TPSA) is 144 Å². The van der Waals surface area contributed by atoms with Gasteiger partial charge in [-0.05, 0) is 18.9 Å². The van der Waals surface area contributed by atoms with Crippen molar-refractivity contribution in [3.63, 3.8) is 0 Å². The molecule has 2 aromatic heterocycles. The van der Waals surface area contributed by atoms with E-state index < -0.39 is 52.6 Å². The van der Waals surface area contributed by atoms with Crippen molar-refractivity contribution in [3.05, 3.63) is 59.7 Å². The minimum absolute atomic E-state index is 0.0182. The normalized spacial score (nSPS) is 19.9. The van der Waals surface area contributed by atoms with E-state index in [4.69, 9.17) is 13.8 Å². The summed E-state index contributed by atoms with van der Waals surface area (Å²) in [6, 6.07) is 12.0. The number of fused-ring (bicyclic) bond motifs is 1. The SMILES string of the molecule is O=C(O)C1(CNC2COc3cc(-c4noc(-c5onc(-c6ccccc6)c5C(F)(F)F)n4)ccc3C2O)CCC1. The number of nitrogens with zero attached hydrogens (tertiary/aromatic N) is 3. The third-order valence-corrected chi connectivity index (χ3v) is 7.50. The van der Waals surface area contributed by atoms with Crippen molar-refractivity contribution in [1.29, 1.82) is 0 Å². The molecule has 208 valence electrons. The molecule has 1 aliphatic heterocycles. The summed E-state index contributed by atoms with van der Waals surface area (Å²) in [6.45, 7) is 0.306. The smallest absolute Gasteiger partial charge is 0.422 e. The second kappa shape index (κ2) is 9.75. The zero-order valence-corrected chi connectivity index (χ0v) is 20.8. The molecule has 2 aromatic carbocycles. The van der Waals surface area contributed by atoms with Crippen LogP contribution in [0, 0.1) is 5.41 Å². The quantitative estimate of drug-likeness (QED) is 0.293. The first kappa shape index (κ1) is 26.0. The van der Waals surface area contributed by atoms with Crippen molar-refractivity contribution in [1.82, 2.24) is 20.6 Å². The molecule has 2 atom stereocenters. The van der Waals surface area contributed by atoms with Crippen LogP contribution in [0.15, 0.2) is 57.6 Å². The van der Waals surface area contributed by atoms with Gasteiger partial charge < -0.3 is 29.3 Å². The van der Waals surface area contributed by atoms with Crippen LogP contribution < -0.4 is 10.1 Å². The molecule has 2 unspecified atom stereocenters. The number of nitrogens with one attached hydrogen (secondary N) is 1. The zero-order valence-electron chi connectivity index (χ0n) is 20.8. The number of aliphatic carboxylic acids is 1. The number of aliphatic hydroxyl groups is 1. The van der Waals surface area contributed by atoms with E-state index in [9.17, 15) is 28.2 Å². The summed E-state index contributed by atoms with van der Waals surface area (Å²) in [4.78, 5) is 15.7. The molecule has 10 nitrogen and oxygen atoms in total. The van der Waals surface area contributed by atoms with Crippen LogP contribution in [0.2, 0.25) is 0 Å². The molecule has 3 heterocycles. The van der Waals surface area contributed by atoms with Gasteiger partial charge in [0.25, 0.3) is 5.89 Å². The number of carboxylic acid groups (broad SMARTS) is 1.